The standard InChI is InChI=1S/C5H5Br3O/c1-2-3-4(9)5(6,7)8/h2H,1,3H2. The molecule has 0 atom stereocenters. The molecular formula is C5H5Br3O. The minimum absolute atomic E-state index is 0.00231. The fourth-order valence-electron chi connectivity index (χ4n) is 0.247. The molecule has 0 unspecified atom stereocenters. The van der Waals surface area contributed by atoms with E-state index in [2.05, 4.69) is 54.4 Å². The van der Waals surface area contributed by atoms with E-state index in [0.717, 1.165) is 0 Å². The molecule has 0 aliphatic carbocycles. The lowest BCUT2D eigenvalue weighted by atomic mass is 10.3. The molecule has 0 aromatic heterocycles. The Morgan fingerprint density at radius 3 is 2.11 bits per heavy atom. The lowest BCUT2D eigenvalue weighted by molar-refractivity contribution is -0.116. The second kappa shape index (κ2) is 3.88. The molecule has 0 saturated carbocycles. The average molecular weight is 321 g/mol. The van der Waals surface area contributed by atoms with Gasteiger partial charge in [-0.2, -0.15) is 0 Å². The summed E-state index contributed by atoms with van der Waals surface area (Å²) in [5.74, 6) is -0.00231. The Morgan fingerprint density at radius 2 is 2.00 bits per heavy atom. The molecule has 0 fully saturated rings. The van der Waals surface area contributed by atoms with E-state index >= 15 is 0 Å². The molecular weight excluding hydrogens is 316 g/mol. The molecule has 0 aliphatic rings. The van der Waals surface area contributed by atoms with Crippen molar-refractivity contribution in [2.75, 3.05) is 0 Å². The molecule has 0 heterocycles. The molecule has 0 N–H and O–H groups in total. The van der Waals surface area contributed by atoms with Crippen LogP contribution in [-0.2, 0) is 4.79 Å². The third kappa shape index (κ3) is 4.28. The lowest BCUT2D eigenvalue weighted by Crippen LogP contribution is -2.15. The molecule has 1 nitrogen and oxygen atoms in total. The number of rotatable bonds is 2. The highest BCUT2D eigenvalue weighted by atomic mass is 80.0. The number of carbonyl (C=O) groups excluding carboxylic acids is 1. The van der Waals surface area contributed by atoms with Gasteiger partial charge in [-0.05, 0) is 0 Å². The Balaban J connectivity index is 3.88. The predicted octanol–water partition coefficient (Wildman–Crippen LogP) is 2.97. The van der Waals surface area contributed by atoms with Gasteiger partial charge >= 0.3 is 0 Å². The second-order valence-electron chi connectivity index (χ2n) is 1.41. The van der Waals surface area contributed by atoms with Crippen molar-refractivity contribution in [2.45, 2.75) is 8.56 Å². The van der Waals surface area contributed by atoms with Crippen LogP contribution >= 0.6 is 47.8 Å². The van der Waals surface area contributed by atoms with Gasteiger partial charge in [-0.25, -0.2) is 0 Å². The first kappa shape index (κ1) is 9.85. The molecule has 0 radical (unpaired) electrons. The second-order valence-corrected chi connectivity index (χ2v) is 8.17. The van der Waals surface area contributed by atoms with Gasteiger partial charge in [0, 0.05) is 6.42 Å². The van der Waals surface area contributed by atoms with Crippen molar-refractivity contribution in [1.82, 2.24) is 0 Å². The maximum absolute atomic E-state index is 10.9. The van der Waals surface area contributed by atoms with Gasteiger partial charge in [0.15, 0.2) is 7.93 Å². The van der Waals surface area contributed by atoms with E-state index in [1.807, 2.05) is 0 Å². The van der Waals surface area contributed by atoms with Crippen LogP contribution in [0.25, 0.3) is 0 Å². The normalized spacial score (nSPS) is 11.0. The summed E-state index contributed by atoms with van der Waals surface area (Å²) in [4.78, 5) is 10.9. The highest BCUT2D eigenvalue weighted by Gasteiger charge is 2.26. The average Bonchev–Trinajstić information content (AvgIpc) is 1.64. The number of hydrogen-bond acceptors (Lipinski definition) is 1. The Morgan fingerprint density at radius 1 is 1.56 bits per heavy atom. The smallest absolute Gasteiger partial charge is 0.192 e. The Hall–Kier alpha value is 0.850. The van der Waals surface area contributed by atoms with E-state index < -0.39 is 2.14 Å². The van der Waals surface area contributed by atoms with Crippen LogP contribution in [0.15, 0.2) is 12.7 Å². The maximum atomic E-state index is 10.9. The number of halogens is 3. The van der Waals surface area contributed by atoms with Crippen molar-refractivity contribution in [1.29, 1.82) is 0 Å². The van der Waals surface area contributed by atoms with Crippen LogP contribution in [0.3, 0.4) is 0 Å². The summed E-state index contributed by atoms with van der Waals surface area (Å²) in [6, 6.07) is 0. The number of ketones is 1. The fraction of sp³-hybridized carbons (Fsp3) is 0.400. The number of hydrogen-bond donors (Lipinski definition) is 0. The molecule has 9 heavy (non-hydrogen) atoms. The molecule has 0 rings (SSSR count). The molecule has 0 amide bonds. The van der Waals surface area contributed by atoms with Crippen LogP contribution in [0.4, 0.5) is 0 Å². The highest BCUT2D eigenvalue weighted by Crippen LogP contribution is 2.35. The third-order valence-electron chi connectivity index (χ3n) is 0.646. The number of allylic oxidation sites excluding steroid dienone is 1. The van der Waals surface area contributed by atoms with E-state index in [-0.39, 0.29) is 5.78 Å². The van der Waals surface area contributed by atoms with Crippen LogP contribution in [0, 0.1) is 0 Å². The van der Waals surface area contributed by atoms with E-state index in [9.17, 15) is 4.79 Å². The largest absolute Gasteiger partial charge is 0.296 e. The van der Waals surface area contributed by atoms with Crippen LogP contribution < -0.4 is 0 Å². The fourth-order valence-corrected chi connectivity index (χ4v) is 0.732. The van der Waals surface area contributed by atoms with E-state index in [4.69, 9.17) is 0 Å². The summed E-state index contributed by atoms with van der Waals surface area (Å²) in [5, 5.41) is 0. The summed E-state index contributed by atoms with van der Waals surface area (Å²) >= 11 is 9.24. The van der Waals surface area contributed by atoms with Crippen molar-refractivity contribution in [3.63, 3.8) is 0 Å². The van der Waals surface area contributed by atoms with Crippen molar-refractivity contribution >= 4 is 53.6 Å². The van der Waals surface area contributed by atoms with Gasteiger partial charge in [0.25, 0.3) is 0 Å². The van der Waals surface area contributed by atoms with Crippen LogP contribution in [0.1, 0.15) is 6.42 Å². The molecule has 4 heteroatoms. The third-order valence-corrected chi connectivity index (χ3v) is 1.97. The summed E-state index contributed by atoms with van der Waals surface area (Å²) in [5.41, 5.74) is 0. The monoisotopic (exact) mass is 318 g/mol. The summed E-state index contributed by atoms with van der Waals surface area (Å²) < 4.78 is -0.763. The van der Waals surface area contributed by atoms with Crippen LogP contribution in [0.2, 0.25) is 0 Å². The summed E-state index contributed by atoms with van der Waals surface area (Å²) in [6.07, 6.45) is 1.91. The lowest BCUT2D eigenvalue weighted by Gasteiger charge is -2.07. The van der Waals surface area contributed by atoms with Gasteiger partial charge in [-0.1, -0.05) is 53.9 Å². The first-order chi connectivity index (χ1) is 3.98. The first-order valence-corrected chi connectivity index (χ1v) is 4.57. The molecule has 0 spiro atoms. The molecule has 0 aromatic carbocycles. The number of alkyl halides is 3. The molecule has 0 aliphatic heterocycles. The first-order valence-electron chi connectivity index (χ1n) is 2.19. The van der Waals surface area contributed by atoms with Gasteiger partial charge in [0.1, 0.15) is 0 Å². The van der Waals surface area contributed by atoms with Crippen LogP contribution in [-0.4, -0.2) is 7.93 Å². The van der Waals surface area contributed by atoms with Gasteiger partial charge in [-0.3, -0.25) is 4.79 Å². The SMILES string of the molecule is C=CCC(=O)C(Br)(Br)Br. The minimum Gasteiger partial charge on any atom is -0.296 e. The van der Waals surface area contributed by atoms with E-state index in [0.29, 0.717) is 6.42 Å². The van der Waals surface area contributed by atoms with Crippen molar-refractivity contribution in [3.05, 3.63) is 12.7 Å². The topological polar surface area (TPSA) is 17.1 Å². The van der Waals surface area contributed by atoms with Crippen molar-refractivity contribution in [3.8, 4) is 0 Å². The Labute approximate surface area is 79.3 Å². The van der Waals surface area contributed by atoms with Gasteiger partial charge in [0.05, 0.1) is 0 Å². The van der Waals surface area contributed by atoms with E-state index in [1.165, 1.54) is 0 Å². The molecule has 0 aromatic rings. The minimum atomic E-state index is -0.763. The summed E-state index contributed by atoms with van der Waals surface area (Å²) in [7, 11) is 0. The quantitative estimate of drug-likeness (QED) is 0.565. The van der Waals surface area contributed by atoms with Gasteiger partial charge < -0.3 is 0 Å². The van der Waals surface area contributed by atoms with Gasteiger partial charge in [0.2, 0.25) is 0 Å². The Kier molecular flexibility index (Phi) is 4.25. The van der Waals surface area contributed by atoms with Gasteiger partial charge in [-0.15, -0.1) is 6.58 Å². The Bertz CT molecular complexity index is 125. The predicted molar refractivity (Wildman–Crippen MR) is 49.3 cm³/mol. The zero-order valence-corrected chi connectivity index (χ0v) is 9.29. The number of Topliss-reactive ketones (excluding diaryl/α,β-unsaturated/α-hetero) is 1. The zero-order valence-electron chi connectivity index (χ0n) is 4.53. The van der Waals surface area contributed by atoms with Crippen molar-refractivity contribution in [2.24, 2.45) is 0 Å². The summed E-state index contributed by atoms with van der Waals surface area (Å²) in [6.45, 7) is 3.43. The molecule has 52 valence electrons. The highest BCUT2D eigenvalue weighted by molar-refractivity contribution is 9.40. The number of carbonyl (C=O) groups is 1. The zero-order chi connectivity index (χ0) is 7.49. The molecule has 0 saturated heterocycles. The molecule has 0 bridgehead atoms. The van der Waals surface area contributed by atoms with Crippen LogP contribution in [0.5, 0.6) is 0 Å². The van der Waals surface area contributed by atoms with Crippen molar-refractivity contribution < 1.29 is 4.79 Å². The maximum Gasteiger partial charge on any atom is 0.192 e. The van der Waals surface area contributed by atoms with E-state index in [1.54, 1.807) is 6.08 Å².